The molecule has 0 aliphatic carbocycles. The first-order chi connectivity index (χ1) is 11.8. The Bertz CT molecular complexity index is 851. The molecule has 1 aromatic carbocycles. The molecule has 0 spiro atoms. The molecule has 136 valence electrons. The molecule has 11 heteroatoms. The van der Waals surface area contributed by atoms with Crippen LogP contribution in [0.5, 0.6) is 5.75 Å². The SMILES string of the molecule is CCOC(=O)COc1cc(-n2nc(C)n(C(F)F)c2=O)c(Cl)cc1Cl. The molecule has 25 heavy (non-hydrogen) atoms. The molecule has 0 N–H and O–H groups in total. The fraction of sp³-hybridized carbons (Fsp3) is 0.357. The summed E-state index contributed by atoms with van der Waals surface area (Å²) in [5.74, 6) is -0.796. The predicted molar refractivity (Wildman–Crippen MR) is 86.0 cm³/mol. The summed E-state index contributed by atoms with van der Waals surface area (Å²) in [6, 6.07) is 2.48. The molecule has 0 unspecified atom stereocenters. The average molecular weight is 396 g/mol. The van der Waals surface area contributed by atoms with E-state index in [1.807, 2.05) is 0 Å². The molecule has 0 aliphatic rings. The van der Waals surface area contributed by atoms with Gasteiger partial charge in [-0.1, -0.05) is 23.2 Å². The van der Waals surface area contributed by atoms with Gasteiger partial charge in [-0.15, -0.1) is 5.10 Å². The van der Waals surface area contributed by atoms with Crippen LogP contribution in [-0.4, -0.2) is 33.5 Å². The molecule has 2 aromatic rings. The Balaban J connectivity index is 2.43. The van der Waals surface area contributed by atoms with Crippen LogP contribution in [0.4, 0.5) is 8.78 Å². The maximum absolute atomic E-state index is 12.9. The third-order valence-electron chi connectivity index (χ3n) is 3.06. The van der Waals surface area contributed by atoms with Gasteiger partial charge in [0, 0.05) is 6.07 Å². The maximum Gasteiger partial charge on any atom is 0.355 e. The highest BCUT2D eigenvalue weighted by molar-refractivity contribution is 6.36. The van der Waals surface area contributed by atoms with Crippen molar-refractivity contribution >= 4 is 29.2 Å². The fourth-order valence-corrected chi connectivity index (χ4v) is 2.51. The summed E-state index contributed by atoms with van der Waals surface area (Å²) < 4.78 is 36.7. The van der Waals surface area contributed by atoms with Gasteiger partial charge in [-0.05, 0) is 19.9 Å². The summed E-state index contributed by atoms with van der Waals surface area (Å²) in [6.45, 7) is -0.395. The van der Waals surface area contributed by atoms with Crippen molar-refractivity contribution in [1.29, 1.82) is 0 Å². The summed E-state index contributed by atoms with van der Waals surface area (Å²) in [6.07, 6.45) is 0. The smallest absolute Gasteiger partial charge is 0.355 e. The van der Waals surface area contributed by atoms with Gasteiger partial charge in [0.1, 0.15) is 11.6 Å². The third kappa shape index (κ3) is 4.10. The van der Waals surface area contributed by atoms with Crippen LogP contribution in [0, 0.1) is 6.92 Å². The van der Waals surface area contributed by atoms with Crippen molar-refractivity contribution in [2.75, 3.05) is 13.2 Å². The number of aromatic nitrogens is 3. The Morgan fingerprint density at radius 3 is 2.56 bits per heavy atom. The predicted octanol–water partition coefficient (Wildman–Crippen LogP) is 2.99. The van der Waals surface area contributed by atoms with E-state index in [4.69, 9.17) is 32.7 Å². The number of hydrogen-bond donors (Lipinski definition) is 0. The van der Waals surface area contributed by atoms with Gasteiger partial charge in [0.15, 0.2) is 6.61 Å². The number of ether oxygens (including phenoxy) is 2. The minimum Gasteiger partial charge on any atom is -0.480 e. The number of rotatable bonds is 6. The van der Waals surface area contributed by atoms with Gasteiger partial charge in [0.2, 0.25) is 0 Å². The van der Waals surface area contributed by atoms with E-state index in [2.05, 4.69) is 5.10 Å². The zero-order chi connectivity index (χ0) is 18.7. The molecule has 7 nitrogen and oxygen atoms in total. The van der Waals surface area contributed by atoms with Crippen LogP contribution >= 0.6 is 23.2 Å². The molecular weight excluding hydrogens is 383 g/mol. The first-order valence-corrected chi connectivity index (χ1v) is 7.76. The molecule has 0 aliphatic heterocycles. The Kier molecular flexibility index (Phi) is 6.02. The fourth-order valence-electron chi connectivity index (χ4n) is 1.99. The minimum atomic E-state index is -3.05. The highest BCUT2D eigenvalue weighted by Crippen LogP contribution is 2.32. The summed E-state index contributed by atoms with van der Waals surface area (Å²) in [5.41, 5.74) is -1.09. The van der Waals surface area contributed by atoms with Gasteiger partial charge in [0.25, 0.3) is 0 Å². The van der Waals surface area contributed by atoms with Crippen LogP contribution < -0.4 is 10.4 Å². The summed E-state index contributed by atoms with van der Waals surface area (Å²) >= 11 is 12.0. The Hall–Kier alpha value is -2.13. The van der Waals surface area contributed by atoms with Crippen molar-refractivity contribution in [2.45, 2.75) is 20.4 Å². The lowest BCUT2D eigenvalue weighted by atomic mass is 10.3. The van der Waals surface area contributed by atoms with Gasteiger partial charge >= 0.3 is 18.2 Å². The molecule has 0 fully saturated rings. The van der Waals surface area contributed by atoms with Crippen molar-refractivity contribution in [2.24, 2.45) is 0 Å². The van der Waals surface area contributed by atoms with Crippen LogP contribution in [-0.2, 0) is 9.53 Å². The monoisotopic (exact) mass is 395 g/mol. The Morgan fingerprint density at radius 2 is 2.00 bits per heavy atom. The van der Waals surface area contributed by atoms with Crippen LogP contribution in [0.25, 0.3) is 5.69 Å². The van der Waals surface area contributed by atoms with Gasteiger partial charge in [-0.25, -0.2) is 14.2 Å². The van der Waals surface area contributed by atoms with Crippen molar-refractivity contribution in [3.8, 4) is 11.4 Å². The molecule has 0 amide bonds. The zero-order valence-electron chi connectivity index (χ0n) is 13.1. The van der Waals surface area contributed by atoms with E-state index < -0.39 is 24.8 Å². The number of halogens is 4. The lowest BCUT2D eigenvalue weighted by Gasteiger charge is -2.11. The van der Waals surface area contributed by atoms with Crippen LogP contribution in [0.3, 0.4) is 0 Å². The standard InChI is InChI=1S/C14H13Cl2F2N3O4/c1-3-24-12(22)6-25-11-5-10(8(15)4-9(11)16)21-14(23)20(13(17)18)7(2)19-21/h4-5,13H,3,6H2,1-2H3. The second kappa shape index (κ2) is 7.83. The number of nitrogens with zero attached hydrogens (tertiary/aromatic N) is 3. The quantitative estimate of drug-likeness (QED) is 0.702. The topological polar surface area (TPSA) is 75.3 Å². The highest BCUT2D eigenvalue weighted by Gasteiger charge is 2.21. The van der Waals surface area contributed by atoms with E-state index in [0.717, 1.165) is 0 Å². The molecule has 0 saturated carbocycles. The largest absolute Gasteiger partial charge is 0.480 e. The first-order valence-electron chi connectivity index (χ1n) is 7.00. The van der Waals surface area contributed by atoms with Gasteiger partial charge < -0.3 is 9.47 Å². The van der Waals surface area contributed by atoms with E-state index in [9.17, 15) is 18.4 Å². The normalized spacial score (nSPS) is 11.0. The van der Waals surface area contributed by atoms with Crippen molar-refractivity contribution < 1.29 is 23.0 Å². The summed E-state index contributed by atoms with van der Waals surface area (Å²) in [4.78, 5) is 23.5. The van der Waals surface area contributed by atoms with Crippen LogP contribution in [0.1, 0.15) is 19.3 Å². The van der Waals surface area contributed by atoms with Crippen molar-refractivity contribution in [3.63, 3.8) is 0 Å². The zero-order valence-corrected chi connectivity index (χ0v) is 14.6. The van der Waals surface area contributed by atoms with Gasteiger partial charge in [-0.3, -0.25) is 0 Å². The number of alkyl halides is 2. The van der Waals surface area contributed by atoms with E-state index in [0.29, 0.717) is 4.68 Å². The number of esters is 1. The number of benzene rings is 1. The minimum absolute atomic E-state index is 0.00509. The number of hydrogen-bond acceptors (Lipinski definition) is 5. The second-order valence-electron chi connectivity index (χ2n) is 4.72. The Labute approximate surface area is 150 Å². The van der Waals surface area contributed by atoms with E-state index in [1.54, 1.807) is 6.92 Å². The van der Waals surface area contributed by atoms with Crippen LogP contribution in [0.15, 0.2) is 16.9 Å². The first kappa shape index (κ1) is 19.2. The van der Waals surface area contributed by atoms with Gasteiger partial charge in [0.05, 0.1) is 22.3 Å². The summed E-state index contributed by atoms with van der Waals surface area (Å²) in [5, 5.41) is 3.83. The summed E-state index contributed by atoms with van der Waals surface area (Å²) in [7, 11) is 0. The van der Waals surface area contributed by atoms with E-state index >= 15 is 0 Å². The maximum atomic E-state index is 12.9. The van der Waals surface area contributed by atoms with Crippen molar-refractivity contribution in [1.82, 2.24) is 14.3 Å². The van der Waals surface area contributed by atoms with E-state index in [1.165, 1.54) is 19.1 Å². The molecule has 0 bridgehead atoms. The molecule has 0 saturated heterocycles. The van der Waals surface area contributed by atoms with Gasteiger partial charge in [-0.2, -0.15) is 13.5 Å². The average Bonchev–Trinajstić information content (AvgIpc) is 2.81. The number of carbonyl (C=O) groups is 1. The molecule has 1 aromatic heterocycles. The van der Waals surface area contributed by atoms with Crippen molar-refractivity contribution in [3.05, 3.63) is 38.5 Å². The van der Waals surface area contributed by atoms with E-state index in [-0.39, 0.29) is 38.5 Å². The number of aryl methyl sites for hydroxylation is 1. The van der Waals surface area contributed by atoms with Crippen LogP contribution in [0.2, 0.25) is 10.0 Å². The molecule has 2 rings (SSSR count). The molecular formula is C14H13Cl2F2N3O4. The molecule has 0 radical (unpaired) electrons. The lowest BCUT2D eigenvalue weighted by Crippen LogP contribution is -2.25. The molecule has 1 heterocycles. The number of carbonyl (C=O) groups excluding carboxylic acids is 1. The third-order valence-corrected chi connectivity index (χ3v) is 3.65. The second-order valence-corrected chi connectivity index (χ2v) is 5.53. The Morgan fingerprint density at radius 1 is 1.32 bits per heavy atom. The molecule has 0 atom stereocenters. The lowest BCUT2D eigenvalue weighted by molar-refractivity contribution is -0.145. The highest BCUT2D eigenvalue weighted by atomic mass is 35.5.